The quantitative estimate of drug-likeness (QED) is 0.823. The molecule has 0 aromatic heterocycles. The summed E-state index contributed by atoms with van der Waals surface area (Å²) in [5.41, 5.74) is 6.88. The third kappa shape index (κ3) is 3.37. The molecule has 3 nitrogen and oxygen atoms in total. The van der Waals surface area contributed by atoms with Crippen LogP contribution in [0.25, 0.3) is 0 Å². The van der Waals surface area contributed by atoms with Gasteiger partial charge in [0.15, 0.2) is 0 Å². The molecule has 0 spiro atoms. The Labute approximate surface area is 103 Å². The lowest BCUT2D eigenvalue weighted by Gasteiger charge is -2.34. The molecule has 0 amide bonds. The maximum absolute atomic E-state index is 5.80. The molecule has 2 rings (SSSR count). The number of hydrogen-bond acceptors (Lipinski definition) is 3. The third-order valence-corrected chi connectivity index (χ3v) is 2.99. The summed E-state index contributed by atoms with van der Waals surface area (Å²) < 4.78 is 5.80. The van der Waals surface area contributed by atoms with Gasteiger partial charge in [0.2, 0.25) is 0 Å². The van der Waals surface area contributed by atoms with Crippen molar-refractivity contribution in [1.82, 2.24) is 0 Å². The summed E-state index contributed by atoms with van der Waals surface area (Å²) >= 11 is 0. The summed E-state index contributed by atoms with van der Waals surface area (Å²) in [5, 5.41) is 3.50. The number of hydrogen-bond donors (Lipinski definition) is 2. The highest BCUT2D eigenvalue weighted by atomic mass is 16.5. The fourth-order valence-corrected chi connectivity index (χ4v) is 1.97. The number of anilines is 1. The molecule has 1 aliphatic rings. The van der Waals surface area contributed by atoms with Gasteiger partial charge in [-0.05, 0) is 30.9 Å². The second-order valence-electron chi connectivity index (χ2n) is 5.27. The highest BCUT2D eigenvalue weighted by Crippen LogP contribution is 2.29. The average Bonchev–Trinajstić information content (AvgIpc) is 2.25. The maximum Gasteiger partial charge on any atom is 0.142 e. The van der Waals surface area contributed by atoms with Gasteiger partial charge in [0.05, 0.1) is 12.3 Å². The van der Waals surface area contributed by atoms with Gasteiger partial charge in [0.25, 0.3) is 0 Å². The zero-order chi connectivity index (χ0) is 12.3. The molecule has 0 bridgehead atoms. The van der Waals surface area contributed by atoms with Gasteiger partial charge >= 0.3 is 0 Å². The van der Waals surface area contributed by atoms with Crippen molar-refractivity contribution in [2.24, 2.45) is 11.7 Å². The Balaban J connectivity index is 1.95. The number of nitrogens with one attached hydrogen (secondary N) is 1. The van der Waals surface area contributed by atoms with E-state index in [4.69, 9.17) is 10.5 Å². The zero-order valence-electron chi connectivity index (χ0n) is 10.6. The summed E-state index contributed by atoms with van der Waals surface area (Å²) in [6, 6.07) is 9.00. The second kappa shape index (κ2) is 5.41. The molecule has 0 aliphatic heterocycles. The lowest BCUT2D eigenvalue weighted by molar-refractivity contribution is 0.271. The van der Waals surface area contributed by atoms with Crippen molar-refractivity contribution in [2.45, 2.75) is 38.8 Å². The molecule has 1 aliphatic carbocycles. The largest absolute Gasteiger partial charge is 0.491 e. The Morgan fingerprint density at radius 2 is 2.06 bits per heavy atom. The maximum atomic E-state index is 5.80. The molecule has 1 saturated carbocycles. The van der Waals surface area contributed by atoms with Crippen molar-refractivity contribution in [3.8, 4) is 5.75 Å². The van der Waals surface area contributed by atoms with E-state index in [2.05, 4.69) is 25.2 Å². The highest BCUT2D eigenvalue weighted by Gasteiger charge is 2.26. The van der Waals surface area contributed by atoms with Crippen LogP contribution >= 0.6 is 0 Å². The lowest BCUT2D eigenvalue weighted by Crippen LogP contribution is -2.44. The predicted octanol–water partition coefficient (Wildman–Crippen LogP) is 2.62. The van der Waals surface area contributed by atoms with Crippen molar-refractivity contribution in [2.75, 3.05) is 11.9 Å². The molecule has 0 atom stereocenters. The lowest BCUT2D eigenvalue weighted by atomic mass is 9.87. The van der Waals surface area contributed by atoms with E-state index in [-0.39, 0.29) is 0 Å². The third-order valence-electron chi connectivity index (χ3n) is 2.99. The van der Waals surface area contributed by atoms with Crippen LogP contribution in [0.4, 0.5) is 5.69 Å². The second-order valence-corrected chi connectivity index (χ2v) is 5.27. The van der Waals surface area contributed by atoms with Gasteiger partial charge in [-0.15, -0.1) is 0 Å². The van der Waals surface area contributed by atoms with Crippen molar-refractivity contribution in [3.05, 3.63) is 24.3 Å². The molecule has 1 aromatic carbocycles. The van der Waals surface area contributed by atoms with Gasteiger partial charge < -0.3 is 15.8 Å². The molecule has 1 aromatic rings. The minimum atomic E-state index is 0.372. The number of para-hydroxylation sites is 2. The summed E-state index contributed by atoms with van der Waals surface area (Å²) in [6.07, 6.45) is 2.11. The SMILES string of the molecule is CC(C)COc1ccccc1NC1CC(N)C1. The Morgan fingerprint density at radius 1 is 1.35 bits per heavy atom. The molecule has 3 N–H and O–H groups in total. The fraction of sp³-hybridized carbons (Fsp3) is 0.571. The highest BCUT2D eigenvalue weighted by molar-refractivity contribution is 5.57. The smallest absolute Gasteiger partial charge is 0.142 e. The van der Waals surface area contributed by atoms with Crippen molar-refractivity contribution < 1.29 is 4.74 Å². The van der Waals surface area contributed by atoms with E-state index in [0.717, 1.165) is 30.9 Å². The molecule has 1 fully saturated rings. The first kappa shape index (κ1) is 12.2. The predicted molar refractivity (Wildman–Crippen MR) is 71.4 cm³/mol. The standard InChI is InChI=1S/C14H22N2O/c1-10(2)9-17-14-6-4-3-5-13(14)16-12-7-11(15)8-12/h3-6,10-12,16H,7-9,15H2,1-2H3. The topological polar surface area (TPSA) is 47.3 Å². The van der Waals surface area contributed by atoms with Crippen LogP contribution in [0.15, 0.2) is 24.3 Å². The van der Waals surface area contributed by atoms with Crippen LogP contribution in [0.1, 0.15) is 26.7 Å². The van der Waals surface area contributed by atoms with E-state index in [0.29, 0.717) is 18.0 Å². The van der Waals surface area contributed by atoms with E-state index >= 15 is 0 Å². The molecular weight excluding hydrogens is 212 g/mol. The molecule has 0 radical (unpaired) electrons. The fourth-order valence-electron chi connectivity index (χ4n) is 1.97. The van der Waals surface area contributed by atoms with Crippen LogP contribution in [0.2, 0.25) is 0 Å². The van der Waals surface area contributed by atoms with Crippen LogP contribution in [-0.2, 0) is 0 Å². The van der Waals surface area contributed by atoms with Gasteiger partial charge in [0.1, 0.15) is 5.75 Å². The van der Waals surface area contributed by atoms with E-state index < -0.39 is 0 Å². The average molecular weight is 234 g/mol. The van der Waals surface area contributed by atoms with E-state index in [9.17, 15) is 0 Å². The van der Waals surface area contributed by atoms with Crippen LogP contribution in [0.5, 0.6) is 5.75 Å². The number of rotatable bonds is 5. The first-order valence-corrected chi connectivity index (χ1v) is 6.39. The normalized spacial score (nSPS) is 23.3. The van der Waals surface area contributed by atoms with Gasteiger partial charge in [-0.3, -0.25) is 0 Å². The van der Waals surface area contributed by atoms with Gasteiger partial charge in [-0.2, -0.15) is 0 Å². The van der Waals surface area contributed by atoms with Gasteiger partial charge in [-0.25, -0.2) is 0 Å². The minimum absolute atomic E-state index is 0.372. The van der Waals surface area contributed by atoms with Gasteiger partial charge in [0, 0.05) is 12.1 Å². The summed E-state index contributed by atoms with van der Waals surface area (Å²) in [7, 11) is 0. The van der Waals surface area contributed by atoms with Crippen LogP contribution < -0.4 is 15.8 Å². The summed E-state index contributed by atoms with van der Waals surface area (Å²) in [4.78, 5) is 0. The number of ether oxygens (including phenoxy) is 1. The van der Waals surface area contributed by atoms with Crippen molar-refractivity contribution in [1.29, 1.82) is 0 Å². The summed E-state index contributed by atoms with van der Waals surface area (Å²) in [5.74, 6) is 1.49. The van der Waals surface area contributed by atoms with Crippen LogP contribution in [0, 0.1) is 5.92 Å². The monoisotopic (exact) mass is 234 g/mol. The summed E-state index contributed by atoms with van der Waals surface area (Å²) in [6.45, 7) is 5.06. The minimum Gasteiger partial charge on any atom is -0.491 e. The molecule has 3 heteroatoms. The van der Waals surface area contributed by atoms with Crippen LogP contribution in [0.3, 0.4) is 0 Å². The Hall–Kier alpha value is -1.22. The van der Waals surface area contributed by atoms with E-state index in [1.807, 2.05) is 18.2 Å². The Morgan fingerprint density at radius 3 is 2.71 bits per heavy atom. The first-order valence-electron chi connectivity index (χ1n) is 6.39. The van der Waals surface area contributed by atoms with Gasteiger partial charge in [-0.1, -0.05) is 26.0 Å². The van der Waals surface area contributed by atoms with Crippen molar-refractivity contribution in [3.63, 3.8) is 0 Å². The first-order chi connectivity index (χ1) is 8.15. The van der Waals surface area contributed by atoms with E-state index in [1.54, 1.807) is 0 Å². The van der Waals surface area contributed by atoms with E-state index in [1.165, 1.54) is 0 Å². The zero-order valence-corrected chi connectivity index (χ0v) is 10.6. The van der Waals surface area contributed by atoms with Crippen molar-refractivity contribution >= 4 is 5.69 Å². The number of nitrogens with two attached hydrogens (primary N) is 1. The Kier molecular flexibility index (Phi) is 3.89. The molecular formula is C14H22N2O. The Bertz CT molecular complexity index is 359. The molecule has 17 heavy (non-hydrogen) atoms. The molecule has 94 valence electrons. The van der Waals surface area contributed by atoms with Crippen LogP contribution in [-0.4, -0.2) is 18.7 Å². The molecule has 0 heterocycles. The molecule has 0 saturated heterocycles. The molecule has 0 unspecified atom stereocenters. The number of benzene rings is 1.